The van der Waals surface area contributed by atoms with Crippen molar-refractivity contribution in [2.24, 2.45) is 0 Å². The summed E-state index contributed by atoms with van der Waals surface area (Å²) in [6.45, 7) is 0.553. The summed E-state index contributed by atoms with van der Waals surface area (Å²) in [5.41, 5.74) is 2.19. The van der Waals surface area contributed by atoms with Gasteiger partial charge in [0.1, 0.15) is 4.83 Å². The van der Waals surface area contributed by atoms with Crippen LogP contribution in [-0.2, 0) is 27.3 Å². The highest BCUT2D eigenvalue weighted by Gasteiger charge is 2.17. The lowest BCUT2D eigenvalue weighted by molar-refractivity contribution is -0.139. The van der Waals surface area contributed by atoms with E-state index >= 15 is 0 Å². The van der Waals surface area contributed by atoms with E-state index in [1.807, 2.05) is 24.3 Å². The predicted octanol–water partition coefficient (Wildman–Crippen LogP) is 2.31. The van der Waals surface area contributed by atoms with E-state index in [2.05, 4.69) is 20.7 Å². The molecule has 0 aliphatic heterocycles. The predicted molar refractivity (Wildman–Crippen MR) is 65.6 cm³/mol. The fourth-order valence-electron chi connectivity index (χ4n) is 1.46. The zero-order valence-electron chi connectivity index (χ0n) is 9.40. The molecule has 1 aromatic rings. The number of alkyl halides is 1. The molecule has 0 aliphatic rings. The molecule has 0 radical (unpaired) electrons. The first kappa shape index (κ1) is 13.2. The zero-order valence-corrected chi connectivity index (χ0v) is 11.0. The average Bonchev–Trinajstić information content (AvgIpc) is 2.31. The van der Waals surface area contributed by atoms with Crippen LogP contribution in [0, 0.1) is 0 Å². The van der Waals surface area contributed by atoms with Gasteiger partial charge in [-0.25, -0.2) is 0 Å². The van der Waals surface area contributed by atoms with Gasteiger partial charge in [0.05, 0.1) is 13.7 Å². The maximum atomic E-state index is 11.3. The van der Waals surface area contributed by atoms with E-state index in [0.717, 1.165) is 11.1 Å². The molecule has 1 atom stereocenters. The third-order valence-corrected chi connectivity index (χ3v) is 2.97. The van der Waals surface area contributed by atoms with Crippen LogP contribution in [0.1, 0.15) is 11.1 Å². The summed E-state index contributed by atoms with van der Waals surface area (Å²) < 4.78 is 9.77. The molecular weight excluding hydrogens is 272 g/mol. The van der Waals surface area contributed by atoms with Crippen LogP contribution in [0.25, 0.3) is 0 Å². The Morgan fingerprint density at radius 3 is 2.50 bits per heavy atom. The van der Waals surface area contributed by atoms with Crippen molar-refractivity contribution in [2.45, 2.75) is 17.9 Å². The molecule has 0 fully saturated rings. The quantitative estimate of drug-likeness (QED) is 0.616. The second-order valence-electron chi connectivity index (χ2n) is 3.40. The molecular formula is C12H15BrO3. The highest BCUT2D eigenvalue weighted by atomic mass is 79.9. The second-order valence-corrected chi connectivity index (χ2v) is 4.50. The van der Waals surface area contributed by atoms with Crippen LogP contribution in [0.2, 0.25) is 0 Å². The number of hydrogen-bond donors (Lipinski definition) is 0. The Labute approximate surface area is 104 Å². The van der Waals surface area contributed by atoms with Crippen molar-refractivity contribution in [3.63, 3.8) is 0 Å². The molecule has 1 aromatic carbocycles. The Bertz CT molecular complexity index is 352. The summed E-state index contributed by atoms with van der Waals surface area (Å²) in [5, 5.41) is 0. The van der Waals surface area contributed by atoms with Crippen molar-refractivity contribution in [1.82, 2.24) is 0 Å². The van der Waals surface area contributed by atoms with Crippen LogP contribution < -0.4 is 0 Å². The molecule has 0 spiro atoms. The standard InChI is InChI=1S/C12H15BrO3/c1-15-8-10-6-4-3-5-9(10)7-11(13)12(14)16-2/h3-6,11H,7-8H2,1-2H3. The fourth-order valence-corrected chi connectivity index (χ4v) is 1.99. The van der Waals surface area contributed by atoms with Gasteiger partial charge in [0, 0.05) is 7.11 Å². The van der Waals surface area contributed by atoms with Crippen LogP contribution in [-0.4, -0.2) is 25.0 Å². The van der Waals surface area contributed by atoms with Gasteiger partial charge >= 0.3 is 5.97 Å². The van der Waals surface area contributed by atoms with Crippen molar-refractivity contribution < 1.29 is 14.3 Å². The third kappa shape index (κ3) is 3.61. The monoisotopic (exact) mass is 286 g/mol. The van der Waals surface area contributed by atoms with E-state index in [1.165, 1.54) is 7.11 Å². The Hall–Kier alpha value is -0.870. The molecule has 0 aliphatic carbocycles. The summed E-state index contributed by atoms with van der Waals surface area (Å²) in [7, 11) is 3.04. The summed E-state index contributed by atoms with van der Waals surface area (Å²) in [6, 6.07) is 7.89. The first-order valence-electron chi connectivity index (χ1n) is 4.96. The maximum Gasteiger partial charge on any atom is 0.319 e. The number of rotatable bonds is 5. The normalized spacial score (nSPS) is 12.2. The minimum atomic E-state index is -0.310. The van der Waals surface area contributed by atoms with Gasteiger partial charge in [-0.2, -0.15) is 0 Å². The minimum absolute atomic E-state index is 0.257. The molecule has 0 saturated heterocycles. The van der Waals surface area contributed by atoms with E-state index in [9.17, 15) is 4.79 Å². The Balaban J connectivity index is 2.75. The van der Waals surface area contributed by atoms with Gasteiger partial charge in [-0.1, -0.05) is 40.2 Å². The molecule has 0 amide bonds. The van der Waals surface area contributed by atoms with Gasteiger partial charge in [-0.15, -0.1) is 0 Å². The van der Waals surface area contributed by atoms with Crippen molar-refractivity contribution in [2.75, 3.05) is 14.2 Å². The van der Waals surface area contributed by atoms with E-state index in [1.54, 1.807) is 7.11 Å². The van der Waals surface area contributed by atoms with Crippen LogP contribution in [0.15, 0.2) is 24.3 Å². The third-order valence-electron chi connectivity index (χ3n) is 2.27. The van der Waals surface area contributed by atoms with E-state index in [4.69, 9.17) is 4.74 Å². The smallest absolute Gasteiger partial charge is 0.319 e. The lowest BCUT2D eigenvalue weighted by Crippen LogP contribution is -2.18. The van der Waals surface area contributed by atoms with E-state index in [0.29, 0.717) is 13.0 Å². The van der Waals surface area contributed by atoms with Crippen LogP contribution >= 0.6 is 15.9 Å². The SMILES string of the molecule is COCc1ccccc1CC(Br)C(=O)OC. The number of hydrogen-bond acceptors (Lipinski definition) is 3. The van der Waals surface area contributed by atoms with Crippen LogP contribution in [0.5, 0.6) is 0 Å². The molecule has 0 bridgehead atoms. The second kappa shape index (κ2) is 6.66. The molecule has 4 heteroatoms. The summed E-state index contributed by atoms with van der Waals surface area (Å²) in [5.74, 6) is -0.257. The minimum Gasteiger partial charge on any atom is -0.468 e. The molecule has 3 nitrogen and oxygen atoms in total. The first-order chi connectivity index (χ1) is 7.69. The van der Waals surface area contributed by atoms with Crippen molar-refractivity contribution >= 4 is 21.9 Å². The Morgan fingerprint density at radius 1 is 1.31 bits per heavy atom. The molecule has 0 N–H and O–H groups in total. The lowest BCUT2D eigenvalue weighted by Gasteiger charge is -2.11. The van der Waals surface area contributed by atoms with Gasteiger partial charge in [-0.05, 0) is 17.5 Å². The van der Waals surface area contributed by atoms with E-state index < -0.39 is 0 Å². The van der Waals surface area contributed by atoms with Gasteiger partial charge in [0.25, 0.3) is 0 Å². The lowest BCUT2D eigenvalue weighted by atomic mass is 10.0. The molecule has 1 rings (SSSR count). The highest BCUT2D eigenvalue weighted by Crippen LogP contribution is 2.16. The van der Waals surface area contributed by atoms with Gasteiger partial charge in [0.2, 0.25) is 0 Å². The Kier molecular flexibility index (Phi) is 5.49. The summed E-state index contributed by atoms with van der Waals surface area (Å²) >= 11 is 3.31. The molecule has 16 heavy (non-hydrogen) atoms. The average molecular weight is 287 g/mol. The van der Waals surface area contributed by atoms with Crippen molar-refractivity contribution in [3.8, 4) is 0 Å². The largest absolute Gasteiger partial charge is 0.468 e. The fraction of sp³-hybridized carbons (Fsp3) is 0.417. The maximum absolute atomic E-state index is 11.3. The molecule has 0 aromatic heterocycles. The van der Waals surface area contributed by atoms with Crippen LogP contribution in [0.4, 0.5) is 0 Å². The van der Waals surface area contributed by atoms with Gasteiger partial charge < -0.3 is 9.47 Å². The van der Waals surface area contributed by atoms with Crippen molar-refractivity contribution in [1.29, 1.82) is 0 Å². The number of carbonyl (C=O) groups is 1. The summed E-state index contributed by atoms with van der Waals surface area (Å²) in [4.78, 5) is 11.0. The highest BCUT2D eigenvalue weighted by molar-refractivity contribution is 9.10. The number of esters is 1. The van der Waals surface area contributed by atoms with Crippen molar-refractivity contribution in [3.05, 3.63) is 35.4 Å². The van der Waals surface area contributed by atoms with E-state index in [-0.39, 0.29) is 10.8 Å². The van der Waals surface area contributed by atoms with Gasteiger partial charge in [0.15, 0.2) is 0 Å². The van der Waals surface area contributed by atoms with Crippen LogP contribution in [0.3, 0.4) is 0 Å². The number of methoxy groups -OCH3 is 2. The molecule has 0 heterocycles. The molecule has 0 saturated carbocycles. The molecule has 1 unspecified atom stereocenters. The number of ether oxygens (including phenoxy) is 2. The zero-order chi connectivity index (χ0) is 12.0. The Morgan fingerprint density at radius 2 is 1.94 bits per heavy atom. The number of halogens is 1. The molecule has 88 valence electrons. The number of carbonyl (C=O) groups excluding carboxylic acids is 1. The number of benzene rings is 1. The van der Waals surface area contributed by atoms with Gasteiger partial charge in [-0.3, -0.25) is 4.79 Å². The summed E-state index contributed by atoms with van der Waals surface area (Å²) in [6.07, 6.45) is 0.603. The first-order valence-corrected chi connectivity index (χ1v) is 5.88. The topological polar surface area (TPSA) is 35.5 Å².